The Morgan fingerprint density at radius 3 is 2.68 bits per heavy atom. The SMILES string of the molecule is COc1ccc(C(=O)N[C@H](C)C2CCCC2)c(N)c1. The fraction of sp³-hybridized carbons (Fsp3) is 0.533. The number of benzene rings is 1. The Morgan fingerprint density at radius 1 is 1.42 bits per heavy atom. The second-order valence-corrected chi connectivity index (χ2v) is 5.26. The van der Waals surface area contributed by atoms with Crippen LogP contribution in [-0.2, 0) is 0 Å². The largest absolute Gasteiger partial charge is 0.497 e. The molecule has 0 spiro atoms. The molecule has 2 rings (SSSR count). The van der Waals surface area contributed by atoms with Gasteiger partial charge in [-0.3, -0.25) is 4.79 Å². The van der Waals surface area contributed by atoms with Crippen molar-refractivity contribution in [2.75, 3.05) is 12.8 Å². The van der Waals surface area contributed by atoms with Gasteiger partial charge >= 0.3 is 0 Å². The van der Waals surface area contributed by atoms with Crippen molar-refractivity contribution >= 4 is 11.6 Å². The molecule has 0 bridgehead atoms. The number of amides is 1. The standard InChI is InChI=1S/C15H22N2O2/c1-10(11-5-3-4-6-11)17-15(18)13-8-7-12(19-2)9-14(13)16/h7-11H,3-6,16H2,1-2H3,(H,17,18)/t10-/m1/s1. The summed E-state index contributed by atoms with van der Waals surface area (Å²) in [5.74, 6) is 1.17. The molecule has 3 N–H and O–H groups in total. The minimum absolute atomic E-state index is 0.0976. The number of ether oxygens (including phenoxy) is 1. The summed E-state index contributed by atoms with van der Waals surface area (Å²) in [5, 5.41) is 3.06. The van der Waals surface area contributed by atoms with Crippen LogP contribution in [0.3, 0.4) is 0 Å². The van der Waals surface area contributed by atoms with Crippen LogP contribution < -0.4 is 15.8 Å². The maximum absolute atomic E-state index is 12.2. The molecular formula is C15H22N2O2. The second-order valence-electron chi connectivity index (χ2n) is 5.26. The van der Waals surface area contributed by atoms with Gasteiger partial charge in [-0.1, -0.05) is 12.8 Å². The van der Waals surface area contributed by atoms with Crippen molar-refractivity contribution < 1.29 is 9.53 Å². The van der Waals surface area contributed by atoms with Crippen molar-refractivity contribution in [3.63, 3.8) is 0 Å². The number of nitrogens with one attached hydrogen (secondary N) is 1. The van der Waals surface area contributed by atoms with Gasteiger partial charge < -0.3 is 15.8 Å². The summed E-state index contributed by atoms with van der Waals surface area (Å²) >= 11 is 0. The molecule has 1 atom stereocenters. The van der Waals surface area contributed by atoms with Gasteiger partial charge in [0.1, 0.15) is 5.75 Å². The van der Waals surface area contributed by atoms with E-state index in [4.69, 9.17) is 10.5 Å². The summed E-state index contributed by atoms with van der Waals surface area (Å²) < 4.78 is 5.08. The number of carbonyl (C=O) groups is 1. The highest BCUT2D eigenvalue weighted by Gasteiger charge is 2.23. The van der Waals surface area contributed by atoms with E-state index >= 15 is 0 Å². The first kappa shape index (κ1) is 13.7. The first-order chi connectivity index (χ1) is 9.11. The summed E-state index contributed by atoms with van der Waals surface area (Å²) in [4.78, 5) is 12.2. The van der Waals surface area contributed by atoms with Crippen LogP contribution >= 0.6 is 0 Å². The third-order valence-corrected chi connectivity index (χ3v) is 3.97. The van der Waals surface area contributed by atoms with Crippen molar-refractivity contribution in [3.05, 3.63) is 23.8 Å². The molecule has 1 aromatic rings. The summed E-state index contributed by atoms with van der Waals surface area (Å²) in [5.41, 5.74) is 6.86. The van der Waals surface area contributed by atoms with Crippen molar-refractivity contribution in [2.45, 2.75) is 38.6 Å². The van der Waals surface area contributed by atoms with Crippen molar-refractivity contribution in [1.29, 1.82) is 0 Å². The van der Waals surface area contributed by atoms with Crippen LogP contribution in [0.15, 0.2) is 18.2 Å². The lowest BCUT2D eigenvalue weighted by molar-refractivity contribution is 0.0928. The summed E-state index contributed by atoms with van der Waals surface area (Å²) in [6.07, 6.45) is 4.96. The predicted octanol–water partition coefficient (Wildman–Crippen LogP) is 2.59. The van der Waals surface area contributed by atoms with E-state index in [1.807, 2.05) is 0 Å². The molecule has 0 radical (unpaired) electrons. The molecule has 0 aliphatic heterocycles. The number of methoxy groups -OCH3 is 1. The molecule has 0 heterocycles. The zero-order chi connectivity index (χ0) is 13.8. The van der Waals surface area contributed by atoms with Crippen LogP contribution in [0.25, 0.3) is 0 Å². The Balaban J connectivity index is 2.02. The van der Waals surface area contributed by atoms with Gasteiger partial charge in [0.15, 0.2) is 0 Å². The average Bonchev–Trinajstić information content (AvgIpc) is 2.92. The van der Waals surface area contributed by atoms with E-state index < -0.39 is 0 Å². The molecule has 1 aliphatic carbocycles. The lowest BCUT2D eigenvalue weighted by Gasteiger charge is -2.20. The van der Waals surface area contributed by atoms with Gasteiger partial charge in [0.05, 0.1) is 12.7 Å². The highest BCUT2D eigenvalue weighted by Crippen LogP contribution is 2.28. The summed E-state index contributed by atoms with van der Waals surface area (Å²) in [7, 11) is 1.58. The molecule has 1 aromatic carbocycles. The fourth-order valence-corrected chi connectivity index (χ4v) is 2.73. The van der Waals surface area contributed by atoms with Gasteiger partial charge in [-0.2, -0.15) is 0 Å². The van der Waals surface area contributed by atoms with Crippen molar-refractivity contribution in [1.82, 2.24) is 5.32 Å². The van der Waals surface area contributed by atoms with E-state index in [0.717, 1.165) is 0 Å². The molecule has 104 valence electrons. The molecule has 1 saturated carbocycles. The van der Waals surface area contributed by atoms with Crippen LogP contribution in [-0.4, -0.2) is 19.1 Å². The van der Waals surface area contributed by atoms with Crippen LogP contribution in [0.4, 0.5) is 5.69 Å². The Hall–Kier alpha value is -1.71. The van der Waals surface area contributed by atoms with Gasteiger partial charge in [-0.05, 0) is 37.8 Å². The molecule has 0 aromatic heterocycles. The Bertz CT molecular complexity index is 453. The fourth-order valence-electron chi connectivity index (χ4n) is 2.73. The van der Waals surface area contributed by atoms with Gasteiger partial charge in [-0.15, -0.1) is 0 Å². The molecule has 0 saturated heterocycles. The number of hydrogen-bond donors (Lipinski definition) is 2. The van der Waals surface area contributed by atoms with Gasteiger partial charge in [0.2, 0.25) is 0 Å². The highest BCUT2D eigenvalue weighted by molar-refractivity contribution is 5.99. The Morgan fingerprint density at radius 2 is 2.11 bits per heavy atom. The number of nitrogen functional groups attached to an aromatic ring is 1. The third kappa shape index (κ3) is 3.19. The van der Waals surface area contributed by atoms with Gasteiger partial charge in [0.25, 0.3) is 5.91 Å². The molecule has 1 fully saturated rings. The van der Waals surface area contributed by atoms with E-state index in [-0.39, 0.29) is 11.9 Å². The maximum atomic E-state index is 12.2. The molecular weight excluding hydrogens is 240 g/mol. The summed E-state index contributed by atoms with van der Waals surface area (Å²) in [6, 6.07) is 5.35. The Kier molecular flexibility index (Phi) is 4.30. The number of nitrogens with two attached hydrogens (primary N) is 1. The number of anilines is 1. The minimum Gasteiger partial charge on any atom is -0.497 e. The van der Waals surface area contributed by atoms with Crippen LogP contribution in [0.2, 0.25) is 0 Å². The molecule has 1 amide bonds. The molecule has 4 heteroatoms. The second kappa shape index (κ2) is 5.95. The van der Waals surface area contributed by atoms with E-state index in [2.05, 4.69) is 12.2 Å². The highest BCUT2D eigenvalue weighted by atomic mass is 16.5. The third-order valence-electron chi connectivity index (χ3n) is 3.97. The lowest BCUT2D eigenvalue weighted by atomic mass is 9.99. The molecule has 19 heavy (non-hydrogen) atoms. The smallest absolute Gasteiger partial charge is 0.253 e. The van der Waals surface area contributed by atoms with E-state index in [1.54, 1.807) is 25.3 Å². The average molecular weight is 262 g/mol. The molecule has 0 unspecified atom stereocenters. The molecule has 4 nitrogen and oxygen atoms in total. The minimum atomic E-state index is -0.0976. The molecule has 1 aliphatic rings. The van der Waals surface area contributed by atoms with E-state index in [9.17, 15) is 4.79 Å². The normalized spacial score (nSPS) is 17.2. The Labute approximate surface area is 114 Å². The van der Waals surface area contributed by atoms with E-state index in [1.165, 1.54) is 25.7 Å². The van der Waals surface area contributed by atoms with Crippen molar-refractivity contribution in [3.8, 4) is 5.75 Å². The van der Waals surface area contributed by atoms with Gasteiger partial charge in [0, 0.05) is 17.8 Å². The quantitative estimate of drug-likeness (QED) is 0.820. The lowest BCUT2D eigenvalue weighted by Crippen LogP contribution is -2.37. The monoisotopic (exact) mass is 262 g/mol. The van der Waals surface area contributed by atoms with Crippen LogP contribution in [0, 0.1) is 5.92 Å². The van der Waals surface area contributed by atoms with Crippen LogP contribution in [0.1, 0.15) is 43.0 Å². The topological polar surface area (TPSA) is 64.3 Å². The zero-order valence-electron chi connectivity index (χ0n) is 11.6. The zero-order valence-corrected chi connectivity index (χ0v) is 11.6. The van der Waals surface area contributed by atoms with Crippen LogP contribution in [0.5, 0.6) is 5.75 Å². The first-order valence-electron chi connectivity index (χ1n) is 6.86. The van der Waals surface area contributed by atoms with E-state index in [0.29, 0.717) is 22.9 Å². The number of rotatable bonds is 4. The predicted molar refractivity (Wildman–Crippen MR) is 76.3 cm³/mol. The number of hydrogen-bond acceptors (Lipinski definition) is 3. The summed E-state index contributed by atoms with van der Waals surface area (Å²) in [6.45, 7) is 2.08. The van der Waals surface area contributed by atoms with Gasteiger partial charge in [-0.25, -0.2) is 0 Å². The first-order valence-corrected chi connectivity index (χ1v) is 6.86. The maximum Gasteiger partial charge on any atom is 0.253 e. The van der Waals surface area contributed by atoms with Crippen molar-refractivity contribution in [2.24, 2.45) is 5.92 Å². The number of carbonyl (C=O) groups excluding carboxylic acids is 1.